The van der Waals surface area contributed by atoms with Gasteiger partial charge in [0.25, 0.3) is 0 Å². The molecule has 1 aliphatic rings. The molecule has 1 saturated carbocycles. The van der Waals surface area contributed by atoms with Crippen LogP contribution in [0, 0.1) is 13.3 Å². The molecule has 0 aromatic heterocycles. The summed E-state index contributed by atoms with van der Waals surface area (Å²) in [6.07, 6.45) is 10.1. The first-order chi connectivity index (χ1) is 7.86. The Morgan fingerprint density at radius 1 is 0.944 bits per heavy atom. The van der Waals surface area contributed by atoms with Gasteiger partial charge in [0, 0.05) is 0 Å². The molecule has 0 heterocycles. The van der Waals surface area contributed by atoms with Crippen LogP contribution in [-0.4, -0.2) is 0 Å². The summed E-state index contributed by atoms with van der Waals surface area (Å²) in [5, 5.41) is 0. The van der Waals surface area contributed by atoms with E-state index in [4.69, 9.17) is 0 Å². The van der Waals surface area contributed by atoms with Crippen LogP contribution in [0.3, 0.4) is 0 Å². The molecule has 1 aliphatic carbocycles. The number of hydrogen-bond acceptors (Lipinski definition) is 0. The van der Waals surface area contributed by atoms with Gasteiger partial charge >= 0.3 is 58.2 Å². The monoisotopic (exact) mass is 318 g/mol. The smallest absolute Gasteiger partial charge is 0.358 e. The van der Waals surface area contributed by atoms with Gasteiger partial charge in [0.2, 0.25) is 0 Å². The summed E-state index contributed by atoms with van der Waals surface area (Å²) in [5.74, 6) is 1.09. The number of aryl methyl sites for hydroxylation is 1. The Balaban J connectivity index is 0. The van der Waals surface area contributed by atoms with E-state index in [1.807, 2.05) is 6.07 Å². The number of hydrogen-bond donors (Lipinski definition) is 0. The van der Waals surface area contributed by atoms with Gasteiger partial charge in [-0.25, -0.2) is 0 Å². The fourth-order valence-corrected chi connectivity index (χ4v) is 2.31. The van der Waals surface area contributed by atoms with E-state index in [0.29, 0.717) is 0 Å². The standard InChI is InChI=1S/C8H16.C8H10.CH3.Rb/c2*1-2-8-6-4-3-5-7-8;;/h8H,2-7H2,1H3;3-7H,2H2,1H3;1H3;/q;;-1;+1. The second-order valence-electron chi connectivity index (χ2n) is 4.75. The van der Waals surface area contributed by atoms with E-state index in [1.54, 1.807) is 0 Å². The zero-order valence-corrected chi connectivity index (χ0v) is 17.8. The Bertz CT molecular complexity index is 250. The number of rotatable bonds is 2. The van der Waals surface area contributed by atoms with E-state index in [2.05, 4.69) is 38.1 Å². The van der Waals surface area contributed by atoms with E-state index in [-0.39, 0.29) is 65.6 Å². The zero-order chi connectivity index (χ0) is 11.6. The molecule has 0 atom stereocenters. The molecule has 1 heteroatoms. The van der Waals surface area contributed by atoms with Crippen LogP contribution in [0.25, 0.3) is 0 Å². The Morgan fingerprint density at radius 2 is 1.50 bits per heavy atom. The van der Waals surface area contributed by atoms with Gasteiger partial charge in [-0.1, -0.05) is 82.7 Å². The average Bonchev–Trinajstić information content (AvgIpc) is 2.41. The minimum atomic E-state index is 0. The molecular weight excluding hydrogens is 290 g/mol. The van der Waals surface area contributed by atoms with Gasteiger partial charge in [-0.05, 0) is 17.9 Å². The SMILES string of the molecule is CCC1CCCCC1.CCc1ccccc1.[CH3-].[Rb+]. The fraction of sp³-hybridized carbons (Fsp3) is 0.588. The maximum atomic E-state index is 2.32. The van der Waals surface area contributed by atoms with Crippen molar-refractivity contribution >= 4 is 0 Å². The largest absolute Gasteiger partial charge is 1.00 e. The summed E-state index contributed by atoms with van der Waals surface area (Å²) in [6, 6.07) is 10.5. The van der Waals surface area contributed by atoms with Crippen molar-refractivity contribution in [2.75, 3.05) is 0 Å². The minimum Gasteiger partial charge on any atom is -0.358 e. The Morgan fingerprint density at radius 3 is 1.83 bits per heavy atom. The molecule has 0 bridgehead atoms. The molecule has 0 saturated heterocycles. The van der Waals surface area contributed by atoms with Crippen molar-refractivity contribution in [3.63, 3.8) is 0 Å². The van der Waals surface area contributed by atoms with Gasteiger partial charge in [-0.3, -0.25) is 0 Å². The van der Waals surface area contributed by atoms with Crippen LogP contribution < -0.4 is 58.2 Å². The molecule has 1 aromatic rings. The van der Waals surface area contributed by atoms with Crippen LogP contribution >= 0.6 is 0 Å². The molecular formula is C17H29Rb. The molecule has 0 unspecified atom stereocenters. The normalized spacial score (nSPS) is 14.6. The van der Waals surface area contributed by atoms with E-state index < -0.39 is 0 Å². The topological polar surface area (TPSA) is 0 Å². The average molecular weight is 319 g/mol. The van der Waals surface area contributed by atoms with E-state index in [0.717, 1.165) is 12.3 Å². The van der Waals surface area contributed by atoms with Crippen molar-refractivity contribution in [1.29, 1.82) is 0 Å². The minimum absolute atomic E-state index is 0. The second-order valence-corrected chi connectivity index (χ2v) is 4.75. The van der Waals surface area contributed by atoms with Crippen molar-refractivity contribution < 1.29 is 58.2 Å². The maximum Gasteiger partial charge on any atom is 1.00 e. The van der Waals surface area contributed by atoms with E-state index in [9.17, 15) is 0 Å². The van der Waals surface area contributed by atoms with E-state index >= 15 is 0 Å². The maximum absolute atomic E-state index is 2.32. The molecule has 0 amide bonds. The molecule has 0 nitrogen and oxygen atoms in total. The molecule has 0 aliphatic heterocycles. The summed E-state index contributed by atoms with van der Waals surface area (Å²) < 4.78 is 0. The summed E-state index contributed by atoms with van der Waals surface area (Å²) in [7, 11) is 0. The van der Waals surface area contributed by atoms with Crippen LogP contribution in [0.5, 0.6) is 0 Å². The molecule has 0 N–H and O–H groups in total. The fourth-order valence-electron chi connectivity index (χ4n) is 2.31. The van der Waals surface area contributed by atoms with Crippen LogP contribution in [-0.2, 0) is 6.42 Å². The van der Waals surface area contributed by atoms with Gasteiger partial charge in [0.1, 0.15) is 0 Å². The Labute approximate surface area is 164 Å². The molecule has 2 rings (SSSR count). The molecule has 0 spiro atoms. The zero-order valence-electron chi connectivity index (χ0n) is 12.9. The van der Waals surface area contributed by atoms with Gasteiger partial charge in [-0.15, -0.1) is 0 Å². The first-order valence-electron chi connectivity index (χ1n) is 6.90. The second kappa shape index (κ2) is 14.4. The predicted octanol–water partition coefficient (Wildman–Crippen LogP) is 2.68. The van der Waals surface area contributed by atoms with Crippen molar-refractivity contribution in [3.8, 4) is 0 Å². The van der Waals surface area contributed by atoms with Gasteiger partial charge in [0.05, 0.1) is 0 Å². The Hall–Kier alpha value is 1.03. The third-order valence-corrected chi connectivity index (χ3v) is 3.55. The number of benzene rings is 1. The third kappa shape index (κ3) is 9.89. The van der Waals surface area contributed by atoms with Crippen molar-refractivity contribution in [1.82, 2.24) is 0 Å². The van der Waals surface area contributed by atoms with Crippen LogP contribution in [0.15, 0.2) is 30.3 Å². The van der Waals surface area contributed by atoms with Crippen LogP contribution in [0.1, 0.15) is 57.9 Å². The molecule has 1 aromatic carbocycles. The van der Waals surface area contributed by atoms with Crippen LogP contribution in [0.2, 0.25) is 0 Å². The summed E-state index contributed by atoms with van der Waals surface area (Å²) in [4.78, 5) is 0. The predicted molar refractivity (Wildman–Crippen MR) is 79.1 cm³/mol. The van der Waals surface area contributed by atoms with Crippen molar-refractivity contribution in [3.05, 3.63) is 43.3 Å². The summed E-state index contributed by atoms with van der Waals surface area (Å²) in [5.41, 5.74) is 1.41. The first-order valence-corrected chi connectivity index (χ1v) is 6.90. The molecule has 1 fully saturated rings. The van der Waals surface area contributed by atoms with Gasteiger partial charge in [0.15, 0.2) is 0 Å². The van der Waals surface area contributed by atoms with Gasteiger partial charge in [-0.2, -0.15) is 0 Å². The Kier molecular flexibility index (Phi) is 17.1. The quantitative estimate of drug-likeness (QED) is 0.736. The first kappa shape index (κ1) is 21.3. The van der Waals surface area contributed by atoms with Gasteiger partial charge < -0.3 is 7.43 Å². The summed E-state index contributed by atoms with van der Waals surface area (Å²) >= 11 is 0. The molecule has 98 valence electrons. The van der Waals surface area contributed by atoms with Crippen LogP contribution in [0.4, 0.5) is 0 Å². The molecule has 0 radical (unpaired) electrons. The van der Waals surface area contributed by atoms with Crippen molar-refractivity contribution in [2.24, 2.45) is 5.92 Å². The summed E-state index contributed by atoms with van der Waals surface area (Å²) in [6.45, 7) is 4.48. The molecule has 18 heavy (non-hydrogen) atoms. The van der Waals surface area contributed by atoms with Crippen molar-refractivity contribution in [2.45, 2.75) is 58.8 Å². The van der Waals surface area contributed by atoms with E-state index in [1.165, 1.54) is 44.1 Å². The third-order valence-electron chi connectivity index (χ3n) is 3.55.